The molecule has 172 valence electrons. The third kappa shape index (κ3) is 2.58. The number of ketones is 2. The minimum Gasteiger partial charge on any atom is -0.393 e. The molecule has 0 unspecified atom stereocenters. The maximum Gasteiger partial charge on any atom is 0.193 e. The molecular weight excluding hydrogens is 403 g/mol. The van der Waals surface area contributed by atoms with E-state index in [1.165, 1.54) is 6.08 Å². The molecule has 2 N–H and O–H groups in total. The van der Waals surface area contributed by atoms with Gasteiger partial charge in [0.2, 0.25) is 0 Å². The summed E-state index contributed by atoms with van der Waals surface area (Å²) in [7, 11) is 0. The predicted octanol–water partition coefficient (Wildman–Crippen LogP) is 2.50. The van der Waals surface area contributed by atoms with Gasteiger partial charge in [-0.2, -0.15) is 0 Å². The number of aliphatic hydroxyl groups excluding tert-OH is 2. The number of rotatable bonds is 2. The van der Waals surface area contributed by atoms with Gasteiger partial charge in [0.05, 0.1) is 12.2 Å². The second kappa shape index (κ2) is 6.46. The Labute approximate surface area is 182 Å². The van der Waals surface area contributed by atoms with Crippen LogP contribution in [0.25, 0.3) is 0 Å². The number of hydrogen-bond acceptors (Lipinski definition) is 6. The van der Waals surface area contributed by atoms with Crippen molar-refractivity contribution in [3.63, 3.8) is 0 Å². The SMILES string of the molecule is CC1(C)O[C@@H]2C[C@@H]3[C@@H]4C[C@H](F)C5=CC(=O)CC[C@]5(C)[C@@H]4[C@@H](O)C[C@@]3(C)[C@]2(C(=O)CO)O1. The Morgan fingerprint density at radius 1 is 1.26 bits per heavy atom. The van der Waals surface area contributed by atoms with Crippen molar-refractivity contribution in [3.05, 3.63) is 11.6 Å². The van der Waals surface area contributed by atoms with Gasteiger partial charge in [-0.25, -0.2) is 4.39 Å². The van der Waals surface area contributed by atoms with Crippen molar-refractivity contribution in [2.75, 3.05) is 6.61 Å². The van der Waals surface area contributed by atoms with Crippen LogP contribution >= 0.6 is 0 Å². The first-order valence-electron chi connectivity index (χ1n) is 11.5. The molecule has 0 radical (unpaired) electrons. The van der Waals surface area contributed by atoms with E-state index in [9.17, 15) is 19.8 Å². The van der Waals surface area contributed by atoms with Gasteiger partial charge in [0.25, 0.3) is 0 Å². The van der Waals surface area contributed by atoms with Gasteiger partial charge in [-0.15, -0.1) is 0 Å². The smallest absolute Gasteiger partial charge is 0.193 e. The van der Waals surface area contributed by atoms with Gasteiger partial charge >= 0.3 is 0 Å². The summed E-state index contributed by atoms with van der Waals surface area (Å²) < 4.78 is 27.9. The first-order chi connectivity index (χ1) is 14.4. The summed E-state index contributed by atoms with van der Waals surface area (Å²) >= 11 is 0. The average molecular weight is 437 g/mol. The molecule has 0 aromatic heterocycles. The highest BCUT2D eigenvalue weighted by Crippen LogP contribution is 2.70. The molecule has 4 aliphatic carbocycles. The van der Waals surface area contributed by atoms with Gasteiger partial charge in [-0.1, -0.05) is 13.8 Å². The topological polar surface area (TPSA) is 93.1 Å². The highest BCUT2D eigenvalue weighted by atomic mass is 19.1. The zero-order chi connectivity index (χ0) is 22.6. The van der Waals surface area contributed by atoms with E-state index in [1.54, 1.807) is 13.8 Å². The van der Waals surface area contributed by atoms with E-state index < -0.39 is 53.0 Å². The van der Waals surface area contributed by atoms with Crippen molar-refractivity contribution in [1.29, 1.82) is 0 Å². The van der Waals surface area contributed by atoms with Crippen molar-refractivity contribution >= 4 is 11.6 Å². The molecule has 0 amide bonds. The number of Topliss-reactive ketones (excluding diaryl/α,β-unsaturated/α-hetero) is 1. The Morgan fingerprint density at radius 2 is 1.97 bits per heavy atom. The van der Waals surface area contributed by atoms with Crippen molar-refractivity contribution in [3.8, 4) is 0 Å². The quantitative estimate of drug-likeness (QED) is 0.691. The summed E-state index contributed by atoms with van der Waals surface area (Å²) in [6.07, 6.45) is 0.872. The number of carbonyl (C=O) groups is 2. The summed E-state index contributed by atoms with van der Waals surface area (Å²) in [5.41, 5.74) is -2.19. The van der Waals surface area contributed by atoms with Gasteiger partial charge in [0.15, 0.2) is 23.0 Å². The van der Waals surface area contributed by atoms with Crippen LogP contribution in [-0.4, -0.2) is 58.2 Å². The van der Waals surface area contributed by atoms with Gasteiger partial charge in [-0.3, -0.25) is 9.59 Å². The largest absolute Gasteiger partial charge is 0.393 e. The Balaban J connectivity index is 1.61. The number of allylic oxidation sites excluding steroid dienone is 1. The molecule has 6 nitrogen and oxygen atoms in total. The molecule has 0 aromatic carbocycles. The van der Waals surface area contributed by atoms with E-state index >= 15 is 4.39 Å². The van der Waals surface area contributed by atoms with Crippen LogP contribution in [0, 0.1) is 28.6 Å². The maximum atomic E-state index is 15.5. The van der Waals surface area contributed by atoms with Crippen molar-refractivity contribution in [2.24, 2.45) is 28.6 Å². The molecular formula is C24H33FO6. The number of hydrogen-bond donors (Lipinski definition) is 2. The lowest BCUT2D eigenvalue weighted by molar-refractivity contribution is -0.228. The maximum absolute atomic E-state index is 15.5. The first-order valence-corrected chi connectivity index (χ1v) is 11.5. The van der Waals surface area contributed by atoms with Crippen LogP contribution in [-0.2, 0) is 19.1 Å². The van der Waals surface area contributed by atoms with Gasteiger partial charge in [0, 0.05) is 11.8 Å². The third-order valence-electron chi connectivity index (χ3n) is 9.42. The molecule has 9 atom stereocenters. The van der Waals surface area contributed by atoms with Crippen molar-refractivity contribution < 1.29 is 33.7 Å². The van der Waals surface area contributed by atoms with Gasteiger partial charge < -0.3 is 19.7 Å². The molecule has 5 aliphatic rings. The van der Waals surface area contributed by atoms with Crippen LogP contribution in [0.2, 0.25) is 0 Å². The summed E-state index contributed by atoms with van der Waals surface area (Å²) in [5, 5.41) is 21.3. The van der Waals surface area contributed by atoms with Gasteiger partial charge in [-0.05, 0) is 74.3 Å². The molecule has 1 saturated heterocycles. The van der Waals surface area contributed by atoms with E-state index in [2.05, 4.69) is 0 Å². The number of fused-ring (bicyclic) bond motifs is 7. The highest BCUT2D eigenvalue weighted by Gasteiger charge is 2.77. The minimum atomic E-state index is -1.35. The van der Waals surface area contributed by atoms with Crippen LogP contribution in [0.5, 0.6) is 0 Å². The number of carbonyl (C=O) groups excluding carboxylic acids is 2. The Morgan fingerprint density at radius 3 is 2.65 bits per heavy atom. The third-order valence-corrected chi connectivity index (χ3v) is 9.42. The highest BCUT2D eigenvalue weighted by molar-refractivity contribution is 5.92. The molecule has 3 saturated carbocycles. The lowest BCUT2D eigenvalue weighted by Crippen LogP contribution is -2.64. The standard InChI is InChI=1S/C24H33FO6/c1-21(2)30-19-9-14-13-8-16(25)15-7-12(27)5-6-22(15,3)20(13)17(28)10-23(14,4)24(19,31-21)18(29)11-26/h7,13-14,16-17,19-20,26,28H,5-6,8-11H2,1-4H3/t13-,14+,16-,17-,19+,20-,22-,23+,24+/m0/s1. The summed E-state index contributed by atoms with van der Waals surface area (Å²) in [6, 6.07) is 0. The number of aliphatic hydroxyl groups is 2. The second-order valence-corrected chi connectivity index (χ2v) is 11.3. The fourth-order valence-corrected chi connectivity index (χ4v) is 8.41. The summed E-state index contributed by atoms with van der Waals surface area (Å²) in [6.45, 7) is 6.78. The van der Waals surface area contributed by atoms with E-state index in [0.717, 1.165) is 0 Å². The Hall–Kier alpha value is -1.15. The van der Waals surface area contributed by atoms with E-state index in [4.69, 9.17) is 9.47 Å². The van der Waals surface area contributed by atoms with Crippen molar-refractivity contribution in [2.45, 2.75) is 89.6 Å². The van der Waals surface area contributed by atoms with Crippen molar-refractivity contribution in [1.82, 2.24) is 0 Å². The fraction of sp³-hybridized carbons (Fsp3) is 0.833. The second-order valence-electron chi connectivity index (χ2n) is 11.3. The normalized spacial score (nSPS) is 52.6. The lowest BCUT2D eigenvalue weighted by Gasteiger charge is -2.61. The molecule has 1 heterocycles. The van der Waals surface area contributed by atoms with Crippen LogP contribution in [0.15, 0.2) is 11.6 Å². The molecule has 1 aliphatic heterocycles. The zero-order valence-electron chi connectivity index (χ0n) is 18.7. The van der Waals surface area contributed by atoms with E-state index in [-0.39, 0.29) is 30.0 Å². The lowest BCUT2D eigenvalue weighted by atomic mass is 9.45. The molecule has 0 spiro atoms. The molecule has 4 fully saturated rings. The first kappa shape index (κ1) is 21.7. The Kier molecular flexibility index (Phi) is 4.52. The van der Waals surface area contributed by atoms with Crippen LogP contribution < -0.4 is 0 Å². The molecule has 5 rings (SSSR count). The van der Waals surface area contributed by atoms with E-state index in [1.807, 2.05) is 13.8 Å². The molecule has 0 aromatic rings. The summed E-state index contributed by atoms with van der Waals surface area (Å²) in [4.78, 5) is 25.2. The molecule has 7 heteroatoms. The number of halogens is 1. The Bertz CT molecular complexity index is 868. The van der Waals surface area contributed by atoms with E-state index in [0.29, 0.717) is 31.3 Å². The van der Waals surface area contributed by atoms with Crippen LogP contribution in [0.4, 0.5) is 4.39 Å². The van der Waals surface area contributed by atoms with Crippen LogP contribution in [0.1, 0.15) is 59.8 Å². The predicted molar refractivity (Wildman–Crippen MR) is 109 cm³/mol. The summed E-state index contributed by atoms with van der Waals surface area (Å²) in [5.74, 6) is -1.90. The molecule has 31 heavy (non-hydrogen) atoms. The van der Waals surface area contributed by atoms with Gasteiger partial charge in [0.1, 0.15) is 12.8 Å². The minimum absolute atomic E-state index is 0.0457. The number of ether oxygens (including phenoxy) is 2. The van der Waals surface area contributed by atoms with Crippen LogP contribution in [0.3, 0.4) is 0 Å². The average Bonchev–Trinajstić information content (AvgIpc) is 3.08. The zero-order valence-corrected chi connectivity index (χ0v) is 18.7. The molecule has 0 bridgehead atoms. The fourth-order valence-electron chi connectivity index (χ4n) is 8.41. The monoisotopic (exact) mass is 436 g/mol. The number of alkyl halides is 1.